The summed E-state index contributed by atoms with van der Waals surface area (Å²) in [4.78, 5) is 13.5. The molecule has 1 saturated heterocycles. The Morgan fingerprint density at radius 3 is 2.52 bits per heavy atom. The first kappa shape index (κ1) is 16.1. The Morgan fingerprint density at radius 1 is 1.33 bits per heavy atom. The number of carbonyl (C=O) groups excluding carboxylic acids is 1. The molecule has 9 heteroatoms. The van der Waals surface area contributed by atoms with Gasteiger partial charge in [0.25, 0.3) is 5.91 Å². The minimum Gasteiger partial charge on any atom is -0.748 e. The molecule has 1 heterocycles. The average Bonchev–Trinajstić information content (AvgIpc) is 2.64. The molecule has 0 N–H and O–H groups in total. The SMILES string of the molecule is O=C1/C(=C/c2ccc(F)cc2)SC(=S)N1CCS(=O)(=O)[O-]. The van der Waals surface area contributed by atoms with Crippen LogP contribution in [-0.4, -0.2) is 40.4 Å². The van der Waals surface area contributed by atoms with Gasteiger partial charge in [0, 0.05) is 6.54 Å². The molecule has 1 amide bonds. The van der Waals surface area contributed by atoms with Crippen LogP contribution in [0.2, 0.25) is 0 Å². The second-order valence-corrected chi connectivity index (χ2v) is 7.35. The van der Waals surface area contributed by atoms with Crippen molar-refractivity contribution < 1.29 is 22.2 Å². The van der Waals surface area contributed by atoms with Crippen LogP contribution in [0.15, 0.2) is 29.2 Å². The molecule has 2 rings (SSSR count). The molecular weight excluding hydrogens is 337 g/mol. The third-order valence-corrected chi connectivity index (χ3v) is 4.67. The van der Waals surface area contributed by atoms with Gasteiger partial charge in [-0.2, -0.15) is 0 Å². The first-order valence-corrected chi connectivity index (χ1v) is 8.51. The van der Waals surface area contributed by atoms with Crippen LogP contribution in [0.25, 0.3) is 6.08 Å². The van der Waals surface area contributed by atoms with Crippen LogP contribution < -0.4 is 0 Å². The lowest BCUT2D eigenvalue weighted by Crippen LogP contribution is -2.32. The zero-order chi connectivity index (χ0) is 15.6. The van der Waals surface area contributed by atoms with Crippen molar-refractivity contribution in [2.45, 2.75) is 0 Å². The summed E-state index contributed by atoms with van der Waals surface area (Å²) in [5.41, 5.74) is 0.619. The third kappa shape index (κ3) is 4.34. The Labute approximate surface area is 130 Å². The van der Waals surface area contributed by atoms with Gasteiger partial charge in [0.15, 0.2) is 0 Å². The molecular formula is C12H9FNO4S3-. The molecule has 0 radical (unpaired) electrons. The lowest BCUT2D eigenvalue weighted by molar-refractivity contribution is -0.121. The van der Waals surface area contributed by atoms with Crippen LogP contribution in [0.1, 0.15) is 5.56 Å². The van der Waals surface area contributed by atoms with Crippen LogP contribution in [0.5, 0.6) is 0 Å². The second-order valence-electron chi connectivity index (χ2n) is 4.15. The first-order chi connectivity index (χ1) is 9.76. The van der Waals surface area contributed by atoms with Crippen LogP contribution >= 0.6 is 24.0 Å². The van der Waals surface area contributed by atoms with E-state index in [1.165, 1.54) is 30.3 Å². The van der Waals surface area contributed by atoms with E-state index in [4.69, 9.17) is 12.2 Å². The number of hydrogen-bond donors (Lipinski definition) is 0. The number of nitrogens with zero attached hydrogens (tertiary/aromatic N) is 1. The summed E-state index contributed by atoms with van der Waals surface area (Å²) >= 11 is 6.00. The highest BCUT2D eigenvalue weighted by molar-refractivity contribution is 8.26. The second kappa shape index (κ2) is 6.22. The Hall–Kier alpha value is -1.29. The lowest BCUT2D eigenvalue weighted by Gasteiger charge is -2.15. The van der Waals surface area contributed by atoms with Gasteiger partial charge in [0.2, 0.25) is 0 Å². The first-order valence-electron chi connectivity index (χ1n) is 5.71. The van der Waals surface area contributed by atoms with Crippen molar-refractivity contribution >= 4 is 50.4 Å². The van der Waals surface area contributed by atoms with Crippen LogP contribution in [0.4, 0.5) is 4.39 Å². The minimum absolute atomic E-state index is 0.192. The number of thiocarbonyl (C=S) groups is 1. The fraction of sp³-hybridized carbons (Fsp3) is 0.167. The number of carbonyl (C=O) groups is 1. The van der Waals surface area contributed by atoms with E-state index in [-0.39, 0.29) is 16.7 Å². The average molecular weight is 346 g/mol. The summed E-state index contributed by atoms with van der Waals surface area (Å²) in [6.45, 7) is -0.267. The van der Waals surface area contributed by atoms with Crippen molar-refractivity contribution in [1.82, 2.24) is 4.90 Å². The molecule has 0 saturated carbocycles. The number of amides is 1. The summed E-state index contributed by atoms with van der Waals surface area (Å²) in [7, 11) is -4.41. The summed E-state index contributed by atoms with van der Waals surface area (Å²) in [5, 5.41) is 0. The molecule has 112 valence electrons. The highest BCUT2D eigenvalue weighted by Crippen LogP contribution is 2.32. The van der Waals surface area contributed by atoms with Crippen molar-refractivity contribution in [2.24, 2.45) is 0 Å². The third-order valence-electron chi connectivity index (χ3n) is 2.61. The quantitative estimate of drug-likeness (QED) is 0.468. The summed E-state index contributed by atoms with van der Waals surface area (Å²) in [5.74, 6) is -1.54. The highest BCUT2D eigenvalue weighted by atomic mass is 32.2. The summed E-state index contributed by atoms with van der Waals surface area (Å²) in [6.07, 6.45) is 1.53. The predicted molar refractivity (Wildman–Crippen MR) is 80.8 cm³/mol. The van der Waals surface area contributed by atoms with E-state index in [9.17, 15) is 22.2 Å². The minimum atomic E-state index is -4.41. The van der Waals surface area contributed by atoms with Crippen molar-refractivity contribution in [3.8, 4) is 0 Å². The lowest BCUT2D eigenvalue weighted by atomic mass is 10.2. The van der Waals surface area contributed by atoms with Crippen LogP contribution in [-0.2, 0) is 14.9 Å². The molecule has 1 aliphatic heterocycles. The Bertz CT molecular complexity index is 713. The van der Waals surface area contributed by atoms with Gasteiger partial charge in [-0.3, -0.25) is 9.69 Å². The van der Waals surface area contributed by atoms with E-state index >= 15 is 0 Å². The molecule has 0 aromatic heterocycles. The van der Waals surface area contributed by atoms with Gasteiger partial charge < -0.3 is 4.55 Å². The monoisotopic (exact) mass is 346 g/mol. The van der Waals surface area contributed by atoms with E-state index in [1.54, 1.807) is 0 Å². The van der Waals surface area contributed by atoms with E-state index in [0.717, 1.165) is 16.7 Å². The standard InChI is InChI=1S/C12H10FNO4S3/c13-9-3-1-8(2-4-9)7-10-11(15)14(12(19)20-10)5-6-21(16,17)18/h1-4,7H,5-6H2,(H,16,17,18)/p-1/b10-7-. The fourth-order valence-electron chi connectivity index (χ4n) is 1.61. The van der Waals surface area contributed by atoms with Gasteiger partial charge in [-0.05, 0) is 23.8 Å². The molecule has 0 atom stereocenters. The van der Waals surface area contributed by atoms with Crippen molar-refractivity contribution in [3.05, 3.63) is 40.6 Å². The largest absolute Gasteiger partial charge is 0.748 e. The number of hydrogen-bond acceptors (Lipinski definition) is 6. The van der Waals surface area contributed by atoms with Crippen molar-refractivity contribution in [1.29, 1.82) is 0 Å². The smallest absolute Gasteiger partial charge is 0.266 e. The molecule has 0 spiro atoms. The molecule has 1 aromatic rings. The molecule has 1 aromatic carbocycles. The predicted octanol–water partition coefficient (Wildman–Crippen LogP) is 1.57. The van der Waals surface area contributed by atoms with Crippen molar-refractivity contribution in [2.75, 3.05) is 12.3 Å². The maximum atomic E-state index is 12.8. The van der Waals surface area contributed by atoms with Gasteiger partial charge in [-0.15, -0.1) is 0 Å². The van der Waals surface area contributed by atoms with Crippen molar-refractivity contribution in [3.63, 3.8) is 0 Å². The Kier molecular flexibility index (Phi) is 4.77. The van der Waals surface area contributed by atoms with E-state index in [0.29, 0.717) is 10.5 Å². The van der Waals surface area contributed by atoms with E-state index in [1.807, 2.05) is 0 Å². The maximum absolute atomic E-state index is 12.8. The molecule has 5 nitrogen and oxygen atoms in total. The van der Waals surface area contributed by atoms with E-state index < -0.39 is 21.8 Å². The topological polar surface area (TPSA) is 77.5 Å². The van der Waals surface area contributed by atoms with E-state index in [2.05, 4.69) is 0 Å². The van der Waals surface area contributed by atoms with Crippen LogP contribution in [0.3, 0.4) is 0 Å². The number of thioether (sulfide) groups is 1. The van der Waals surface area contributed by atoms with Gasteiger partial charge in [0.05, 0.1) is 20.8 Å². The normalized spacial score (nSPS) is 17.8. The molecule has 21 heavy (non-hydrogen) atoms. The molecule has 1 fully saturated rings. The van der Waals surface area contributed by atoms with Gasteiger partial charge >= 0.3 is 0 Å². The number of halogens is 1. The molecule has 0 unspecified atom stereocenters. The molecule has 1 aliphatic rings. The zero-order valence-corrected chi connectivity index (χ0v) is 12.9. The summed E-state index contributed by atoms with van der Waals surface area (Å²) in [6, 6.07) is 5.53. The Morgan fingerprint density at radius 2 is 1.95 bits per heavy atom. The van der Waals surface area contributed by atoms with Crippen LogP contribution in [0, 0.1) is 5.82 Å². The Balaban J connectivity index is 2.15. The van der Waals surface area contributed by atoms with Gasteiger partial charge in [0.1, 0.15) is 10.1 Å². The zero-order valence-electron chi connectivity index (χ0n) is 10.5. The number of rotatable bonds is 4. The maximum Gasteiger partial charge on any atom is 0.266 e. The molecule has 0 bridgehead atoms. The van der Waals surface area contributed by atoms with Gasteiger partial charge in [-0.25, -0.2) is 12.8 Å². The van der Waals surface area contributed by atoms with Gasteiger partial charge in [-0.1, -0.05) is 36.1 Å². The molecule has 0 aliphatic carbocycles. The highest BCUT2D eigenvalue weighted by Gasteiger charge is 2.31. The fourth-order valence-corrected chi connectivity index (χ4v) is 3.32. The summed E-state index contributed by atoms with van der Waals surface area (Å²) < 4.78 is 44.8. The number of benzene rings is 1.